The Morgan fingerprint density at radius 2 is 1.92 bits per heavy atom. The van der Waals surface area contributed by atoms with Gasteiger partial charge in [-0.05, 0) is 44.4 Å². The number of hydrogen-bond acceptors (Lipinski definition) is 4. The van der Waals surface area contributed by atoms with Crippen LogP contribution in [0.4, 0.5) is 0 Å². The van der Waals surface area contributed by atoms with E-state index in [9.17, 15) is 4.79 Å². The predicted octanol–water partition coefficient (Wildman–Crippen LogP) is 4.26. The van der Waals surface area contributed by atoms with Crippen LogP contribution in [0.1, 0.15) is 34.3 Å². The van der Waals surface area contributed by atoms with Gasteiger partial charge in [-0.3, -0.25) is 9.78 Å². The lowest BCUT2D eigenvalue weighted by Gasteiger charge is -2.13. The molecule has 1 N–H and O–H groups in total. The lowest BCUT2D eigenvalue weighted by atomic mass is 10.1. The molecule has 1 aromatic carbocycles. The third kappa shape index (κ3) is 4.51. The van der Waals surface area contributed by atoms with Crippen molar-refractivity contribution in [1.82, 2.24) is 15.3 Å². The van der Waals surface area contributed by atoms with Gasteiger partial charge in [-0.15, -0.1) is 11.3 Å². The molecule has 2 heterocycles. The highest BCUT2D eigenvalue weighted by atomic mass is 32.1. The van der Waals surface area contributed by atoms with Crippen LogP contribution in [0.2, 0.25) is 0 Å². The Hall–Kier alpha value is -2.53. The Morgan fingerprint density at radius 1 is 1.16 bits per heavy atom. The molecule has 0 aliphatic carbocycles. The molecule has 5 heteroatoms. The molecule has 0 aliphatic rings. The van der Waals surface area contributed by atoms with Gasteiger partial charge >= 0.3 is 0 Å². The van der Waals surface area contributed by atoms with Crippen molar-refractivity contribution in [2.24, 2.45) is 0 Å². The molecule has 2 aromatic heterocycles. The Balaban J connectivity index is 1.62. The second kappa shape index (κ2) is 8.03. The molecule has 0 spiro atoms. The third-order valence-electron chi connectivity index (χ3n) is 3.97. The number of benzene rings is 1. The highest BCUT2D eigenvalue weighted by Gasteiger charge is 2.18. The first-order valence-electron chi connectivity index (χ1n) is 8.37. The van der Waals surface area contributed by atoms with Crippen LogP contribution in [0.5, 0.6) is 0 Å². The molecule has 4 nitrogen and oxygen atoms in total. The summed E-state index contributed by atoms with van der Waals surface area (Å²) < 4.78 is 0. The van der Waals surface area contributed by atoms with E-state index in [-0.39, 0.29) is 11.9 Å². The van der Waals surface area contributed by atoms with Crippen LogP contribution in [0.15, 0.2) is 54.7 Å². The minimum atomic E-state index is -0.0576. The fraction of sp³-hybridized carbons (Fsp3) is 0.250. The molecular weight excluding hydrogens is 330 g/mol. The lowest BCUT2D eigenvalue weighted by molar-refractivity contribution is 0.0942. The van der Waals surface area contributed by atoms with E-state index >= 15 is 0 Å². The topological polar surface area (TPSA) is 54.9 Å². The van der Waals surface area contributed by atoms with Gasteiger partial charge < -0.3 is 5.32 Å². The van der Waals surface area contributed by atoms with E-state index < -0.39 is 0 Å². The summed E-state index contributed by atoms with van der Waals surface area (Å²) in [6.45, 7) is 3.91. The number of nitrogens with zero attached hydrogens (tertiary/aromatic N) is 2. The van der Waals surface area contributed by atoms with Crippen LogP contribution in [0.3, 0.4) is 0 Å². The van der Waals surface area contributed by atoms with Crippen LogP contribution in [0, 0.1) is 6.92 Å². The van der Waals surface area contributed by atoms with Crippen LogP contribution in [-0.4, -0.2) is 21.9 Å². The van der Waals surface area contributed by atoms with Gasteiger partial charge in [0.2, 0.25) is 0 Å². The second-order valence-corrected chi connectivity index (χ2v) is 7.05. The fourth-order valence-corrected chi connectivity index (χ4v) is 3.54. The second-order valence-electron chi connectivity index (χ2n) is 6.05. The maximum Gasteiger partial charge on any atom is 0.263 e. The molecule has 0 aliphatic heterocycles. The average molecular weight is 351 g/mol. The van der Waals surface area contributed by atoms with Gasteiger partial charge in [-0.25, -0.2) is 4.98 Å². The van der Waals surface area contributed by atoms with Crippen LogP contribution in [-0.2, 0) is 6.42 Å². The third-order valence-corrected chi connectivity index (χ3v) is 5.15. The molecule has 1 atom stereocenters. The van der Waals surface area contributed by atoms with Gasteiger partial charge in [0, 0.05) is 12.2 Å². The van der Waals surface area contributed by atoms with Crippen molar-refractivity contribution >= 4 is 17.2 Å². The normalized spacial score (nSPS) is 11.9. The molecule has 0 saturated heterocycles. The van der Waals surface area contributed by atoms with Gasteiger partial charge in [0.1, 0.15) is 9.88 Å². The summed E-state index contributed by atoms with van der Waals surface area (Å²) >= 11 is 1.39. The van der Waals surface area contributed by atoms with Crippen LogP contribution >= 0.6 is 11.3 Å². The number of pyridine rings is 1. The monoisotopic (exact) mass is 351 g/mol. The summed E-state index contributed by atoms with van der Waals surface area (Å²) in [6.07, 6.45) is 3.58. The summed E-state index contributed by atoms with van der Waals surface area (Å²) in [6, 6.07) is 16.1. The predicted molar refractivity (Wildman–Crippen MR) is 102 cm³/mol. The fourth-order valence-electron chi connectivity index (χ4n) is 2.60. The number of carbonyl (C=O) groups is 1. The van der Waals surface area contributed by atoms with Crippen molar-refractivity contribution in [3.05, 3.63) is 70.9 Å². The number of nitrogens with one attached hydrogen (secondary N) is 1. The molecule has 1 amide bonds. The largest absolute Gasteiger partial charge is 0.349 e. The zero-order valence-electron chi connectivity index (χ0n) is 14.4. The Kier molecular flexibility index (Phi) is 5.56. The van der Waals surface area contributed by atoms with Gasteiger partial charge in [0.05, 0.1) is 11.4 Å². The quantitative estimate of drug-likeness (QED) is 0.722. The molecule has 128 valence electrons. The summed E-state index contributed by atoms with van der Waals surface area (Å²) in [5.41, 5.74) is 2.83. The molecule has 0 radical (unpaired) electrons. The zero-order valence-corrected chi connectivity index (χ0v) is 15.2. The number of hydrogen-bond donors (Lipinski definition) is 1. The molecular formula is C20H21N3OS. The van der Waals surface area contributed by atoms with E-state index in [0.29, 0.717) is 4.88 Å². The number of thiazole rings is 1. The van der Waals surface area contributed by atoms with E-state index in [1.807, 2.05) is 50.2 Å². The van der Waals surface area contributed by atoms with E-state index in [1.165, 1.54) is 16.9 Å². The van der Waals surface area contributed by atoms with Crippen LogP contribution < -0.4 is 5.32 Å². The lowest BCUT2D eigenvalue weighted by Crippen LogP contribution is -2.32. The summed E-state index contributed by atoms with van der Waals surface area (Å²) in [4.78, 5) is 22.0. The van der Waals surface area contributed by atoms with E-state index in [1.54, 1.807) is 6.20 Å². The average Bonchev–Trinajstić information content (AvgIpc) is 3.03. The first-order valence-corrected chi connectivity index (χ1v) is 9.19. The number of aromatic nitrogens is 2. The van der Waals surface area contributed by atoms with Crippen molar-refractivity contribution in [2.45, 2.75) is 32.7 Å². The van der Waals surface area contributed by atoms with Gasteiger partial charge in [-0.1, -0.05) is 36.4 Å². The highest BCUT2D eigenvalue weighted by Crippen LogP contribution is 2.26. The Morgan fingerprint density at radius 3 is 2.64 bits per heavy atom. The first kappa shape index (κ1) is 17.3. The van der Waals surface area contributed by atoms with Gasteiger partial charge in [0.25, 0.3) is 5.91 Å². The highest BCUT2D eigenvalue weighted by molar-refractivity contribution is 7.17. The maximum atomic E-state index is 12.6. The SMILES string of the molecule is Cc1nc(-c2ccccn2)sc1C(=O)N[C@H](C)CCc1ccccc1. The molecule has 3 rings (SSSR count). The molecule has 0 saturated carbocycles. The minimum absolute atomic E-state index is 0.0576. The van der Waals surface area contributed by atoms with Crippen molar-refractivity contribution in [2.75, 3.05) is 0 Å². The number of rotatable bonds is 6. The Bertz CT molecular complexity index is 831. The van der Waals surface area contributed by atoms with E-state index in [0.717, 1.165) is 29.2 Å². The van der Waals surface area contributed by atoms with Crippen LogP contribution in [0.25, 0.3) is 10.7 Å². The maximum absolute atomic E-state index is 12.6. The standard InChI is InChI=1S/C20H21N3OS/c1-14(11-12-16-8-4-3-5-9-16)22-19(24)18-15(2)23-20(25-18)17-10-6-7-13-21-17/h3-10,13-14H,11-12H2,1-2H3,(H,22,24)/t14-/m1/s1. The smallest absolute Gasteiger partial charge is 0.263 e. The van der Waals surface area contributed by atoms with Crippen molar-refractivity contribution in [3.8, 4) is 10.7 Å². The van der Waals surface area contributed by atoms with Crippen molar-refractivity contribution in [3.63, 3.8) is 0 Å². The first-order chi connectivity index (χ1) is 12.1. The summed E-state index contributed by atoms with van der Waals surface area (Å²) in [5, 5.41) is 3.86. The summed E-state index contributed by atoms with van der Waals surface area (Å²) in [7, 11) is 0. The molecule has 0 unspecified atom stereocenters. The molecule has 25 heavy (non-hydrogen) atoms. The van der Waals surface area contributed by atoms with Crippen molar-refractivity contribution in [1.29, 1.82) is 0 Å². The number of aryl methyl sites for hydroxylation is 2. The van der Waals surface area contributed by atoms with Crippen molar-refractivity contribution < 1.29 is 4.79 Å². The summed E-state index contributed by atoms with van der Waals surface area (Å²) in [5.74, 6) is -0.0576. The zero-order chi connectivity index (χ0) is 17.6. The van der Waals surface area contributed by atoms with E-state index in [4.69, 9.17) is 0 Å². The minimum Gasteiger partial charge on any atom is -0.349 e. The molecule has 0 fully saturated rings. The molecule has 3 aromatic rings. The Labute approximate surface area is 152 Å². The molecule has 0 bridgehead atoms. The number of carbonyl (C=O) groups excluding carboxylic acids is 1. The number of amides is 1. The van der Waals surface area contributed by atoms with Gasteiger partial charge in [-0.2, -0.15) is 0 Å². The van der Waals surface area contributed by atoms with Gasteiger partial charge in [0.15, 0.2) is 0 Å². The van der Waals surface area contributed by atoms with E-state index in [2.05, 4.69) is 27.4 Å².